The molecule has 1 aromatic rings. The molecule has 1 aliphatic heterocycles. The summed E-state index contributed by atoms with van der Waals surface area (Å²) in [6.07, 6.45) is 3.33. The van der Waals surface area contributed by atoms with Crippen molar-refractivity contribution < 1.29 is 9.13 Å². The number of halogens is 2. The highest BCUT2D eigenvalue weighted by atomic mass is 35.5. The maximum Gasteiger partial charge on any atom is 0.191 e. The predicted molar refractivity (Wildman–Crippen MR) is 86.0 cm³/mol. The van der Waals surface area contributed by atoms with E-state index in [1.54, 1.807) is 19.2 Å². The van der Waals surface area contributed by atoms with E-state index in [2.05, 4.69) is 15.6 Å². The molecule has 3 atom stereocenters. The van der Waals surface area contributed by atoms with Crippen molar-refractivity contribution in [1.29, 1.82) is 0 Å². The molecule has 1 heterocycles. The van der Waals surface area contributed by atoms with Crippen molar-refractivity contribution in [3.63, 3.8) is 0 Å². The quantitative estimate of drug-likeness (QED) is 0.661. The molecule has 3 rings (SSSR count). The lowest BCUT2D eigenvalue weighted by atomic mass is 10.1. The zero-order valence-electron chi connectivity index (χ0n) is 12.6. The van der Waals surface area contributed by atoms with E-state index in [0.29, 0.717) is 10.6 Å². The largest absolute Gasteiger partial charge is 0.376 e. The maximum atomic E-state index is 13.9. The van der Waals surface area contributed by atoms with Crippen LogP contribution in [0, 0.1) is 5.82 Å². The second-order valence-electron chi connectivity index (χ2n) is 5.82. The lowest BCUT2D eigenvalue weighted by Gasteiger charge is -2.15. The molecule has 6 heteroatoms. The minimum Gasteiger partial charge on any atom is -0.376 e. The highest BCUT2D eigenvalue weighted by Crippen LogP contribution is 2.44. The van der Waals surface area contributed by atoms with Gasteiger partial charge in [0, 0.05) is 42.7 Å². The van der Waals surface area contributed by atoms with Crippen LogP contribution in [0.2, 0.25) is 5.02 Å². The second kappa shape index (κ2) is 6.84. The van der Waals surface area contributed by atoms with Crippen molar-refractivity contribution >= 4 is 17.6 Å². The van der Waals surface area contributed by atoms with Crippen LogP contribution < -0.4 is 10.6 Å². The highest BCUT2D eigenvalue weighted by Gasteiger charge is 2.41. The summed E-state index contributed by atoms with van der Waals surface area (Å²) in [5.74, 6) is 0.606. The molecule has 1 saturated heterocycles. The SMILES string of the molecule is CN=C(NCC1CCCO1)NC1CC1c1c(F)cccc1Cl. The Kier molecular flexibility index (Phi) is 4.84. The number of benzene rings is 1. The van der Waals surface area contributed by atoms with Gasteiger partial charge in [0.2, 0.25) is 0 Å². The summed E-state index contributed by atoms with van der Waals surface area (Å²) in [7, 11) is 1.73. The Bertz CT molecular complexity index is 540. The van der Waals surface area contributed by atoms with Crippen LogP contribution in [0.15, 0.2) is 23.2 Å². The Morgan fingerprint density at radius 2 is 2.36 bits per heavy atom. The van der Waals surface area contributed by atoms with Crippen molar-refractivity contribution in [2.24, 2.45) is 4.99 Å². The molecule has 22 heavy (non-hydrogen) atoms. The molecule has 0 radical (unpaired) electrons. The Hall–Kier alpha value is -1.33. The molecule has 120 valence electrons. The van der Waals surface area contributed by atoms with E-state index in [1.807, 2.05) is 0 Å². The molecule has 0 aromatic heterocycles. The minimum absolute atomic E-state index is 0.106. The van der Waals surface area contributed by atoms with Crippen LogP contribution in [0.1, 0.15) is 30.7 Å². The van der Waals surface area contributed by atoms with E-state index < -0.39 is 0 Å². The van der Waals surface area contributed by atoms with Crippen LogP contribution in [-0.2, 0) is 4.74 Å². The van der Waals surface area contributed by atoms with Crippen molar-refractivity contribution in [2.75, 3.05) is 20.2 Å². The van der Waals surface area contributed by atoms with Gasteiger partial charge in [-0.3, -0.25) is 4.99 Å². The average Bonchev–Trinajstić information content (AvgIpc) is 3.04. The Morgan fingerprint density at radius 1 is 1.50 bits per heavy atom. The number of rotatable bonds is 4. The van der Waals surface area contributed by atoms with Crippen LogP contribution in [-0.4, -0.2) is 38.3 Å². The number of hydrogen-bond acceptors (Lipinski definition) is 2. The first-order chi connectivity index (χ1) is 10.7. The third-order valence-electron chi connectivity index (χ3n) is 4.23. The van der Waals surface area contributed by atoms with Gasteiger partial charge in [-0.25, -0.2) is 4.39 Å². The molecule has 4 nitrogen and oxygen atoms in total. The maximum absolute atomic E-state index is 13.9. The molecule has 3 unspecified atom stereocenters. The monoisotopic (exact) mass is 325 g/mol. The molecular weight excluding hydrogens is 305 g/mol. The predicted octanol–water partition coefficient (Wildman–Crippen LogP) is 2.68. The molecule has 0 amide bonds. The Labute approximate surface area is 135 Å². The number of hydrogen-bond donors (Lipinski definition) is 2. The molecule has 2 N–H and O–H groups in total. The summed E-state index contributed by atoms with van der Waals surface area (Å²) >= 11 is 6.12. The van der Waals surface area contributed by atoms with Gasteiger partial charge >= 0.3 is 0 Å². The summed E-state index contributed by atoms with van der Waals surface area (Å²) in [5.41, 5.74) is 0.608. The minimum atomic E-state index is -0.232. The van der Waals surface area contributed by atoms with Gasteiger partial charge in [0.1, 0.15) is 5.82 Å². The number of nitrogens with zero attached hydrogens (tertiary/aromatic N) is 1. The smallest absolute Gasteiger partial charge is 0.191 e. The van der Waals surface area contributed by atoms with Crippen LogP contribution >= 0.6 is 11.6 Å². The number of guanidine groups is 1. The first kappa shape index (κ1) is 15.6. The van der Waals surface area contributed by atoms with Crippen molar-refractivity contribution in [2.45, 2.75) is 37.3 Å². The van der Waals surface area contributed by atoms with Crippen molar-refractivity contribution in [3.8, 4) is 0 Å². The fraction of sp³-hybridized carbons (Fsp3) is 0.562. The summed E-state index contributed by atoms with van der Waals surface area (Å²) in [6, 6.07) is 5.00. The van der Waals surface area contributed by atoms with E-state index in [4.69, 9.17) is 16.3 Å². The summed E-state index contributed by atoms with van der Waals surface area (Å²) in [6.45, 7) is 1.59. The zero-order valence-corrected chi connectivity index (χ0v) is 13.4. The molecule has 1 saturated carbocycles. The van der Waals surface area contributed by atoms with Gasteiger partial charge in [-0.2, -0.15) is 0 Å². The first-order valence-corrected chi connectivity index (χ1v) is 8.09. The molecule has 2 fully saturated rings. The zero-order chi connectivity index (χ0) is 15.5. The van der Waals surface area contributed by atoms with E-state index in [-0.39, 0.29) is 23.9 Å². The molecule has 1 aliphatic carbocycles. The topological polar surface area (TPSA) is 45.7 Å². The molecule has 1 aromatic carbocycles. The fourth-order valence-corrected chi connectivity index (χ4v) is 3.23. The third-order valence-corrected chi connectivity index (χ3v) is 4.56. The first-order valence-electron chi connectivity index (χ1n) is 7.71. The van der Waals surface area contributed by atoms with Gasteiger partial charge in [-0.1, -0.05) is 17.7 Å². The van der Waals surface area contributed by atoms with Crippen molar-refractivity contribution in [1.82, 2.24) is 10.6 Å². The molecule has 0 bridgehead atoms. The van der Waals surface area contributed by atoms with Crippen molar-refractivity contribution in [3.05, 3.63) is 34.6 Å². The van der Waals surface area contributed by atoms with Gasteiger partial charge in [0.25, 0.3) is 0 Å². The normalized spacial score (nSPS) is 27.8. The van der Waals surface area contributed by atoms with Gasteiger partial charge in [-0.05, 0) is 31.4 Å². The van der Waals surface area contributed by atoms with E-state index in [1.165, 1.54) is 6.07 Å². The van der Waals surface area contributed by atoms with E-state index in [0.717, 1.165) is 38.4 Å². The lowest BCUT2D eigenvalue weighted by Crippen LogP contribution is -2.42. The third kappa shape index (κ3) is 3.52. The molecule has 2 aliphatic rings. The van der Waals surface area contributed by atoms with Crippen LogP contribution in [0.5, 0.6) is 0 Å². The fourth-order valence-electron chi connectivity index (χ4n) is 2.92. The molecular formula is C16H21ClFN3O. The number of ether oxygens (including phenoxy) is 1. The van der Waals surface area contributed by atoms with Crippen LogP contribution in [0.25, 0.3) is 0 Å². The molecule has 0 spiro atoms. The van der Waals surface area contributed by atoms with Gasteiger partial charge in [-0.15, -0.1) is 0 Å². The van der Waals surface area contributed by atoms with E-state index in [9.17, 15) is 4.39 Å². The summed E-state index contributed by atoms with van der Waals surface area (Å²) < 4.78 is 19.5. The Morgan fingerprint density at radius 3 is 3.05 bits per heavy atom. The number of nitrogens with one attached hydrogen (secondary N) is 2. The van der Waals surface area contributed by atoms with Gasteiger partial charge in [0.05, 0.1) is 6.10 Å². The lowest BCUT2D eigenvalue weighted by molar-refractivity contribution is 0.114. The number of aliphatic imine (C=N–C) groups is 1. The standard InChI is InChI=1S/C16H21ClFN3O/c1-19-16(20-9-10-4-3-7-22-10)21-14-8-11(14)15-12(17)5-2-6-13(15)18/h2,5-6,10-11,14H,3-4,7-9H2,1H3,(H2,19,20,21). The summed E-state index contributed by atoms with van der Waals surface area (Å²) in [4.78, 5) is 4.21. The summed E-state index contributed by atoms with van der Waals surface area (Å²) in [5, 5.41) is 7.09. The van der Waals surface area contributed by atoms with Gasteiger partial charge in [0.15, 0.2) is 5.96 Å². The Balaban J connectivity index is 1.53. The average molecular weight is 326 g/mol. The highest BCUT2D eigenvalue weighted by molar-refractivity contribution is 6.31. The van der Waals surface area contributed by atoms with Crippen LogP contribution in [0.4, 0.5) is 4.39 Å². The van der Waals surface area contributed by atoms with Crippen LogP contribution in [0.3, 0.4) is 0 Å². The van der Waals surface area contributed by atoms with E-state index >= 15 is 0 Å². The van der Waals surface area contributed by atoms with Gasteiger partial charge < -0.3 is 15.4 Å². The second-order valence-corrected chi connectivity index (χ2v) is 6.22.